The zero-order chi connectivity index (χ0) is 13.9. The second-order valence-electron chi connectivity index (χ2n) is 3.82. The van der Waals surface area contributed by atoms with Crippen molar-refractivity contribution in [2.45, 2.75) is 13.1 Å². The Morgan fingerprint density at radius 3 is 2.11 bits per heavy atom. The summed E-state index contributed by atoms with van der Waals surface area (Å²) in [6.07, 6.45) is -4.43. The van der Waals surface area contributed by atoms with Gasteiger partial charge in [0.15, 0.2) is 0 Å². The van der Waals surface area contributed by atoms with Crippen LogP contribution in [0.3, 0.4) is 0 Å². The molecule has 0 aliphatic heterocycles. The molecule has 0 radical (unpaired) electrons. The largest absolute Gasteiger partial charge is 0.406 e. The Balaban J connectivity index is 2.96. The molecule has 0 aromatic heterocycles. The highest BCUT2D eigenvalue weighted by Crippen LogP contribution is 2.20. The molecule has 0 saturated heterocycles. The number of rotatable bonds is 3. The van der Waals surface area contributed by atoms with E-state index >= 15 is 0 Å². The molecule has 0 bridgehead atoms. The molecule has 0 aliphatic rings. The SMILES string of the molecule is CCN(CC(F)(F)F)C(=O)c1cc(N)cc(N)c1. The normalized spacial score (nSPS) is 11.3. The van der Waals surface area contributed by atoms with Gasteiger partial charge in [-0.2, -0.15) is 13.2 Å². The molecule has 100 valence electrons. The van der Waals surface area contributed by atoms with Crippen LogP contribution in [0, 0.1) is 0 Å². The van der Waals surface area contributed by atoms with Crippen molar-refractivity contribution in [3.63, 3.8) is 0 Å². The maximum absolute atomic E-state index is 12.3. The van der Waals surface area contributed by atoms with Crippen molar-refractivity contribution in [1.82, 2.24) is 4.90 Å². The highest BCUT2D eigenvalue weighted by molar-refractivity contribution is 5.96. The summed E-state index contributed by atoms with van der Waals surface area (Å²) in [7, 11) is 0. The van der Waals surface area contributed by atoms with E-state index in [1.165, 1.54) is 25.1 Å². The van der Waals surface area contributed by atoms with Crippen molar-refractivity contribution < 1.29 is 18.0 Å². The standard InChI is InChI=1S/C11H14F3N3O/c1-2-17(6-11(12,13)14)10(18)7-3-8(15)5-9(16)4-7/h3-5H,2,6,15-16H2,1H3. The number of amides is 1. The van der Waals surface area contributed by atoms with Crippen LogP contribution in [0.4, 0.5) is 24.5 Å². The van der Waals surface area contributed by atoms with Crippen molar-refractivity contribution in [3.8, 4) is 0 Å². The summed E-state index contributed by atoms with van der Waals surface area (Å²) in [5.74, 6) is -0.742. The van der Waals surface area contributed by atoms with Crippen LogP contribution in [0.5, 0.6) is 0 Å². The summed E-state index contributed by atoms with van der Waals surface area (Å²) >= 11 is 0. The van der Waals surface area contributed by atoms with Gasteiger partial charge in [-0.1, -0.05) is 0 Å². The first-order valence-electron chi connectivity index (χ1n) is 5.25. The molecule has 1 aromatic rings. The second-order valence-corrected chi connectivity index (χ2v) is 3.82. The first-order chi connectivity index (χ1) is 8.23. The minimum absolute atomic E-state index is 0.0486. The lowest BCUT2D eigenvalue weighted by molar-refractivity contribution is -0.140. The van der Waals surface area contributed by atoms with Crippen LogP contribution in [0.2, 0.25) is 0 Å². The maximum Gasteiger partial charge on any atom is 0.406 e. The molecule has 0 fully saturated rings. The number of carbonyl (C=O) groups excluding carboxylic acids is 1. The molecule has 0 spiro atoms. The molecule has 0 heterocycles. The van der Waals surface area contributed by atoms with Crippen molar-refractivity contribution in [2.75, 3.05) is 24.6 Å². The molecule has 7 heteroatoms. The number of alkyl halides is 3. The van der Waals surface area contributed by atoms with Crippen LogP contribution in [-0.2, 0) is 0 Å². The highest BCUT2D eigenvalue weighted by atomic mass is 19.4. The lowest BCUT2D eigenvalue weighted by atomic mass is 10.1. The molecule has 18 heavy (non-hydrogen) atoms. The second kappa shape index (κ2) is 5.16. The monoisotopic (exact) mass is 261 g/mol. The van der Waals surface area contributed by atoms with E-state index in [-0.39, 0.29) is 23.5 Å². The first-order valence-corrected chi connectivity index (χ1v) is 5.25. The summed E-state index contributed by atoms with van der Waals surface area (Å²) in [6, 6.07) is 4.03. The fourth-order valence-corrected chi connectivity index (χ4v) is 1.53. The van der Waals surface area contributed by atoms with E-state index in [1.807, 2.05) is 0 Å². The Bertz CT molecular complexity index is 425. The Kier molecular flexibility index (Phi) is 4.05. The van der Waals surface area contributed by atoms with Gasteiger partial charge in [-0.3, -0.25) is 4.79 Å². The molecule has 1 rings (SSSR count). The maximum atomic E-state index is 12.3. The van der Waals surface area contributed by atoms with Gasteiger partial charge >= 0.3 is 6.18 Å². The molecule has 0 atom stereocenters. The summed E-state index contributed by atoms with van der Waals surface area (Å²) in [6.45, 7) is 0.128. The molecule has 1 amide bonds. The van der Waals surface area contributed by atoms with Gasteiger partial charge in [-0.15, -0.1) is 0 Å². The van der Waals surface area contributed by atoms with Gasteiger partial charge in [0.1, 0.15) is 6.54 Å². The van der Waals surface area contributed by atoms with Gasteiger partial charge in [0, 0.05) is 23.5 Å². The van der Waals surface area contributed by atoms with Crippen LogP contribution in [0.25, 0.3) is 0 Å². The van der Waals surface area contributed by atoms with Gasteiger partial charge < -0.3 is 16.4 Å². The van der Waals surface area contributed by atoms with Crippen LogP contribution >= 0.6 is 0 Å². The van der Waals surface area contributed by atoms with E-state index in [4.69, 9.17) is 11.5 Å². The van der Waals surface area contributed by atoms with E-state index in [0.29, 0.717) is 4.90 Å². The predicted molar refractivity (Wildman–Crippen MR) is 62.9 cm³/mol. The molecular formula is C11H14F3N3O. The van der Waals surface area contributed by atoms with E-state index in [1.54, 1.807) is 0 Å². The lowest BCUT2D eigenvalue weighted by Gasteiger charge is -2.22. The summed E-state index contributed by atoms with van der Waals surface area (Å²) in [5, 5.41) is 0. The smallest absolute Gasteiger partial charge is 0.399 e. The van der Waals surface area contributed by atoms with Crippen molar-refractivity contribution in [2.24, 2.45) is 0 Å². The Hall–Kier alpha value is -1.92. The van der Waals surface area contributed by atoms with Crippen molar-refractivity contribution in [1.29, 1.82) is 0 Å². The van der Waals surface area contributed by atoms with Gasteiger partial charge in [0.05, 0.1) is 0 Å². The average Bonchev–Trinajstić information content (AvgIpc) is 2.22. The van der Waals surface area contributed by atoms with Gasteiger partial charge in [-0.05, 0) is 25.1 Å². The third kappa shape index (κ3) is 3.83. The highest BCUT2D eigenvalue weighted by Gasteiger charge is 2.32. The molecule has 0 unspecified atom stereocenters. The predicted octanol–water partition coefficient (Wildman–Crippen LogP) is 1.88. The van der Waals surface area contributed by atoms with Crippen LogP contribution in [0.15, 0.2) is 18.2 Å². The number of hydrogen-bond acceptors (Lipinski definition) is 3. The quantitative estimate of drug-likeness (QED) is 0.816. The Labute approximate surface area is 102 Å². The molecule has 0 aliphatic carbocycles. The minimum Gasteiger partial charge on any atom is -0.399 e. The van der Waals surface area contributed by atoms with Gasteiger partial charge in [0.25, 0.3) is 5.91 Å². The fourth-order valence-electron chi connectivity index (χ4n) is 1.53. The van der Waals surface area contributed by atoms with Gasteiger partial charge in [-0.25, -0.2) is 0 Å². The molecule has 1 aromatic carbocycles. The third-order valence-electron chi connectivity index (χ3n) is 2.26. The minimum atomic E-state index is -4.43. The Morgan fingerprint density at radius 2 is 1.72 bits per heavy atom. The summed E-state index contributed by atoms with van der Waals surface area (Å²) in [5.41, 5.74) is 11.5. The molecular weight excluding hydrogens is 247 g/mol. The van der Waals surface area contributed by atoms with Crippen LogP contribution < -0.4 is 11.5 Å². The number of nitrogens with two attached hydrogens (primary N) is 2. The topological polar surface area (TPSA) is 72.3 Å². The number of nitrogen functional groups attached to an aromatic ring is 2. The number of nitrogens with zero attached hydrogens (tertiary/aromatic N) is 1. The number of halogens is 3. The average molecular weight is 261 g/mol. The van der Waals surface area contributed by atoms with E-state index in [2.05, 4.69) is 0 Å². The molecule has 4 nitrogen and oxygen atoms in total. The lowest BCUT2D eigenvalue weighted by Crippen LogP contribution is -2.38. The van der Waals surface area contributed by atoms with E-state index in [0.717, 1.165) is 0 Å². The number of carbonyl (C=O) groups is 1. The van der Waals surface area contributed by atoms with E-state index in [9.17, 15) is 18.0 Å². The zero-order valence-corrected chi connectivity index (χ0v) is 9.79. The van der Waals surface area contributed by atoms with Gasteiger partial charge in [0.2, 0.25) is 0 Å². The summed E-state index contributed by atoms with van der Waals surface area (Å²) in [4.78, 5) is 12.6. The van der Waals surface area contributed by atoms with Crippen LogP contribution in [0.1, 0.15) is 17.3 Å². The van der Waals surface area contributed by atoms with Crippen LogP contribution in [-0.4, -0.2) is 30.1 Å². The first kappa shape index (κ1) is 14.1. The number of anilines is 2. The summed E-state index contributed by atoms with van der Waals surface area (Å²) < 4.78 is 36.9. The molecule has 4 N–H and O–H groups in total. The molecule has 0 saturated carbocycles. The Morgan fingerprint density at radius 1 is 1.22 bits per heavy atom. The van der Waals surface area contributed by atoms with Crippen molar-refractivity contribution >= 4 is 17.3 Å². The fraction of sp³-hybridized carbons (Fsp3) is 0.364. The van der Waals surface area contributed by atoms with Crippen molar-refractivity contribution in [3.05, 3.63) is 23.8 Å². The third-order valence-corrected chi connectivity index (χ3v) is 2.26. The number of hydrogen-bond donors (Lipinski definition) is 2. The zero-order valence-electron chi connectivity index (χ0n) is 9.79. The van der Waals surface area contributed by atoms with E-state index < -0.39 is 18.6 Å². The number of benzene rings is 1.